The van der Waals surface area contributed by atoms with E-state index in [1.54, 1.807) is 24.4 Å². The lowest BCUT2D eigenvalue weighted by Gasteiger charge is -2.30. The number of likely N-dealkylation sites (tertiary alicyclic amines) is 1. The maximum Gasteiger partial charge on any atom is 0.407 e. The van der Waals surface area contributed by atoms with Crippen LogP contribution in [0.2, 0.25) is 0 Å². The van der Waals surface area contributed by atoms with Gasteiger partial charge in [-0.05, 0) is 47.3 Å². The van der Waals surface area contributed by atoms with Crippen LogP contribution in [0, 0.1) is 0 Å². The van der Waals surface area contributed by atoms with Gasteiger partial charge in [0.1, 0.15) is 10.6 Å². The van der Waals surface area contributed by atoms with Gasteiger partial charge in [0.05, 0.1) is 23.4 Å². The van der Waals surface area contributed by atoms with Crippen molar-refractivity contribution in [2.45, 2.75) is 44.3 Å². The molecule has 2 fully saturated rings. The van der Waals surface area contributed by atoms with Crippen LogP contribution in [0.15, 0.2) is 29.0 Å². The van der Waals surface area contributed by atoms with Crippen molar-refractivity contribution in [3.63, 3.8) is 0 Å². The molecule has 2 saturated heterocycles. The number of imide groups is 2. The minimum Gasteiger partial charge on any atom is -0.465 e. The number of aromatic nitrogens is 2. The summed E-state index contributed by atoms with van der Waals surface area (Å²) in [6.07, 6.45) is 2.24. The summed E-state index contributed by atoms with van der Waals surface area (Å²) in [5.74, 6) is -2.21. The average molecular weight is 559 g/mol. The lowest BCUT2D eigenvalue weighted by atomic mass is 10.0. The Morgan fingerprint density at radius 3 is 2.58 bits per heavy atom. The van der Waals surface area contributed by atoms with E-state index in [2.05, 4.69) is 31.7 Å². The van der Waals surface area contributed by atoms with E-state index in [0.717, 1.165) is 15.1 Å². The fraction of sp³-hybridized carbons (Fsp3) is 0.391. The summed E-state index contributed by atoms with van der Waals surface area (Å²) in [7, 11) is 0. The number of nitrogens with zero attached hydrogens (tertiary/aromatic N) is 4. The number of carbonyl (C=O) groups is 5. The Morgan fingerprint density at radius 2 is 1.89 bits per heavy atom. The number of piperidine rings is 2. The van der Waals surface area contributed by atoms with Gasteiger partial charge < -0.3 is 15.3 Å². The number of benzene rings is 1. The first-order valence-electron chi connectivity index (χ1n) is 11.5. The van der Waals surface area contributed by atoms with Crippen molar-refractivity contribution in [3.05, 3.63) is 45.7 Å². The molecule has 4 heterocycles. The summed E-state index contributed by atoms with van der Waals surface area (Å²) in [5, 5.41) is 19.0. The molecule has 1 aromatic carbocycles. The highest BCUT2D eigenvalue weighted by Gasteiger charge is 2.45. The summed E-state index contributed by atoms with van der Waals surface area (Å²) in [6.45, 7) is 1.19. The maximum absolute atomic E-state index is 13.2. The highest BCUT2D eigenvalue weighted by molar-refractivity contribution is 9.10. The van der Waals surface area contributed by atoms with E-state index in [4.69, 9.17) is 5.11 Å². The number of rotatable bonds is 5. The highest BCUT2D eigenvalue weighted by Crippen LogP contribution is 2.33. The molecule has 0 spiro atoms. The second kappa shape index (κ2) is 9.37. The number of fused-ring (bicyclic) bond motifs is 1. The van der Waals surface area contributed by atoms with Crippen LogP contribution in [0.25, 0.3) is 0 Å². The van der Waals surface area contributed by atoms with Crippen molar-refractivity contribution in [1.82, 2.24) is 24.9 Å². The molecule has 12 nitrogen and oxygen atoms in total. The Balaban J connectivity index is 1.31. The molecule has 5 rings (SSSR count). The van der Waals surface area contributed by atoms with Crippen LogP contribution in [-0.4, -0.2) is 73.5 Å². The lowest BCUT2D eigenvalue weighted by Crippen LogP contribution is -2.54. The second-order valence-electron chi connectivity index (χ2n) is 8.93. The molecule has 3 aliphatic heterocycles. The molecule has 3 N–H and O–H groups in total. The van der Waals surface area contributed by atoms with Gasteiger partial charge in [-0.1, -0.05) is 6.07 Å². The molecule has 1 aromatic heterocycles. The number of anilines is 1. The molecule has 188 valence electrons. The van der Waals surface area contributed by atoms with E-state index in [-0.39, 0.29) is 30.0 Å². The summed E-state index contributed by atoms with van der Waals surface area (Å²) < 4.78 is 2.59. The minimum atomic E-state index is -1.03. The summed E-state index contributed by atoms with van der Waals surface area (Å²) in [5.41, 5.74) is 1.67. The van der Waals surface area contributed by atoms with Crippen molar-refractivity contribution < 1.29 is 29.1 Å². The SMILES string of the molecule is O=C1CCC(N2C(=O)c3cccc(NCc4cnn(C5CCN(C(=O)O)CC5)c4Br)c3C2=O)C(=O)N1. The number of carboxylic acid groups (broad SMARTS) is 1. The van der Waals surface area contributed by atoms with Gasteiger partial charge in [0, 0.05) is 37.3 Å². The number of carbonyl (C=O) groups excluding carboxylic acids is 4. The van der Waals surface area contributed by atoms with E-state index in [1.807, 2.05) is 4.68 Å². The number of hydrogen-bond donors (Lipinski definition) is 3. The van der Waals surface area contributed by atoms with Gasteiger partial charge >= 0.3 is 6.09 Å². The molecule has 0 aliphatic carbocycles. The van der Waals surface area contributed by atoms with Crippen LogP contribution >= 0.6 is 15.9 Å². The van der Waals surface area contributed by atoms with Gasteiger partial charge in [-0.25, -0.2) is 4.79 Å². The van der Waals surface area contributed by atoms with Crippen LogP contribution in [0.3, 0.4) is 0 Å². The molecule has 0 radical (unpaired) electrons. The Hall–Kier alpha value is -3.74. The monoisotopic (exact) mass is 558 g/mol. The van der Waals surface area contributed by atoms with Gasteiger partial charge in [-0.2, -0.15) is 5.10 Å². The van der Waals surface area contributed by atoms with E-state index >= 15 is 0 Å². The van der Waals surface area contributed by atoms with Crippen LogP contribution in [0.1, 0.15) is 58.0 Å². The third kappa shape index (κ3) is 4.12. The van der Waals surface area contributed by atoms with Crippen LogP contribution in [0.4, 0.5) is 10.5 Å². The van der Waals surface area contributed by atoms with Crippen molar-refractivity contribution in [1.29, 1.82) is 0 Å². The van der Waals surface area contributed by atoms with Gasteiger partial charge in [-0.15, -0.1) is 0 Å². The molecule has 1 unspecified atom stereocenters. The number of amides is 5. The molecular formula is C23H23BrN6O6. The van der Waals surface area contributed by atoms with Gasteiger partial charge in [0.2, 0.25) is 11.8 Å². The largest absolute Gasteiger partial charge is 0.465 e. The Morgan fingerprint density at radius 1 is 1.14 bits per heavy atom. The second-order valence-corrected chi connectivity index (χ2v) is 9.69. The molecule has 1 atom stereocenters. The van der Waals surface area contributed by atoms with Crippen molar-refractivity contribution in [3.8, 4) is 0 Å². The molecule has 0 saturated carbocycles. The Labute approximate surface area is 213 Å². The standard InChI is InChI=1S/C23H23BrN6O6/c24-19-12(11-26-30(19)13-6-8-28(9-7-13)23(35)36)10-25-15-3-1-2-14-18(15)22(34)29(21(14)33)16-4-5-17(31)27-20(16)32/h1-3,11,13,16,25H,4-10H2,(H,35,36)(H,27,31,32). The lowest BCUT2D eigenvalue weighted by molar-refractivity contribution is -0.136. The first-order chi connectivity index (χ1) is 17.3. The normalized spacial score (nSPS) is 20.5. The summed E-state index contributed by atoms with van der Waals surface area (Å²) in [6, 6.07) is 3.94. The zero-order valence-corrected chi connectivity index (χ0v) is 20.7. The van der Waals surface area contributed by atoms with Gasteiger partial charge in [0.25, 0.3) is 11.8 Å². The number of hydrogen-bond acceptors (Lipinski definition) is 7. The minimum absolute atomic E-state index is 0.0578. The van der Waals surface area contributed by atoms with Crippen LogP contribution < -0.4 is 10.6 Å². The predicted octanol–water partition coefficient (Wildman–Crippen LogP) is 1.97. The average Bonchev–Trinajstić information content (AvgIpc) is 3.35. The maximum atomic E-state index is 13.2. The first-order valence-corrected chi connectivity index (χ1v) is 12.3. The zero-order valence-electron chi connectivity index (χ0n) is 19.1. The Kier molecular flexibility index (Phi) is 6.24. The molecule has 2 aromatic rings. The number of nitrogens with one attached hydrogen (secondary N) is 2. The van der Waals surface area contributed by atoms with Crippen molar-refractivity contribution in [2.75, 3.05) is 18.4 Å². The fourth-order valence-electron chi connectivity index (χ4n) is 4.91. The summed E-state index contributed by atoms with van der Waals surface area (Å²) in [4.78, 5) is 63.5. The molecular weight excluding hydrogens is 536 g/mol. The predicted molar refractivity (Wildman–Crippen MR) is 128 cm³/mol. The van der Waals surface area contributed by atoms with Gasteiger partial charge in [-0.3, -0.25) is 34.1 Å². The Bertz CT molecular complexity index is 1280. The highest BCUT2D eigenvalue weighted by atomic mass is 79.9. The third-order valence-electron chi connectivity index (χ3n) is 6.82. The molecule has 36 heavy (non-hydrogen) atoms. The van der Waals surface area contributed by atoms with Crippen molar-refractivity contribution >= 4 is 51.3 Å². The topological polar surface area (TPSA) is 154 Å². The molecule has 0 bridgehead atoms. The van der Waals surface area contributed by atoms with Crippen molar-refractivity contribution in [2.24, 2.45) is 0 Å². The number of halogens is 1. The first kappa shape index (κ1) is 24.0. The molecule has 3 aliphatic rings. The third-order valence-corrected chi connectivity index (χ3v) is 7.70. The van der Waals surface area contributed by atoms with Crippen LogP contribution in [0.5, 0.6) is 0 Å². The quantitative estimate of drug-likeness (QED) is 0.470. The molecule has 13 heteroatoms. The smallest absolute Gasteiger partial charge is 0.407 e. The fourth-order valence-corrected chi connectivity index (χ4v) is 5.53. The van der Waals surface area contributed by atoms with E-state index in [0.29, 0.717) is 38.2 Å². The molecule has 5 amide bonds. The van der Waals surface area contributed by atoms with Crippen LogP contribution in [-0.2, 0) is 16.1 Å². The van der Waals surface area contributed by atoms with Gasteiger partial charge in [0.15, 0.2) is 0 Å². The zero-order chi connectivity index (χ0) is 25.6. The van der Waals surface area contributed by atoms with E-state index < -0.39 is 35.8 Å². The van der Waals surface area contributed by atoms with E-state index in [9.17, 15) is 24.0 Å². The van der Waals surface area contributed by atoms with E-state index in [1.165, 1.54) is 4.90 Å². The summed E-state index contributed by atoms with van der Waals surface area (Å²) >= 11 is 3.59.